The van der Waals surface area contributed by atoms with Crippen molar-refractivity contribution >= 4 is 70.2 Å². The van der Waals surface area contributed by atoms with Crippen LogP contribution < -0.4 is 26.5 Å². The topological polar surface area (TPSA) is 82.7 Å². The second-order valence-electron chi connectivity index (χ2n) is 8.21. The minimum Gasteiger partial charge on any atom is -0.741 e. The van der Waals surface area contributed by atoms with E-state index < -0.39 is 7.26 Å². The molecule has 2 N–H and O–H groups in total. The molecule has 0 aliphatic rings. The van der Waals surface area contributed by atoms with Crippen molar-refractivity contribution in [3.8, 4) is 0 Å². The predicted molar refractivity (Wildman–Crippen MR) is 169 cm³/mol. The van der Waals surface area contributed by atoms with Crippen LogP contribution in [0.15, 0.2) is 111 Å². The quantitative estimate of drug-likeness (QED) is 0.0649. The van der Waals surface area contributed by atoms with Gasteiger partial charge >= 0.3 is 17.1 Å². The van der Waals surface area contributed by atoms with Gasteiger partial charge in [0, 0.05) is 13.6 Å². The van der Waals surface area contributed by atoms with Gasteiger partial charge in [-0.1, -0.05) is 54.6 Å². The van der Waals surface area contributed by atoms with Gasteiger partial charge in [0.15, 0.2) is 6.35 Å². The summed E-state index contributed by atoms with van der Waals surface area (Å²) in [4.78, 5) is 0. The maximum absolute atomic E-state index is 6.34. The van der Waals surface area contributed by atoms with Gasteiger partial charge < -0.3 is 40.6 Å². The number of nitrogens with zero attached hydrogens (tertiary/aromatic N) is 4. The monoisotopic (exact) mass is 626 g/mol. The summed E-state index contributed by atoms with van der Waals surface area (Å²) in [6.45, 7) is 4.54. The fourth-order valence-corrected chi connectivity index (χ4v) is 7.59. The normalized spacial score (nSPS) is 13.0. The van der Waals surface area contributed by atoms with Crippen molar-refractivity contribution in [3.63, 3.8) is 0 Å². The Bertz CT molecular complexity index is 1180. The van der Waals surface area contributed by atoms with Crippen molar-refractivity contribution < 1.29 is 21.8 Å². The van der Waals surface area contributed by atoms with Crippen LogP contribution in [-0.4, -0.2) is 48.3 Å². The van der Waals surface area contributed by atoms with Crippen molar-refractivity contribution in [1.29, 1.82) is 0 Å². The molecule has 0 aromatic heterocycles. The van der Waals surface area contributed by atoms with Gasteiger partial charge in [-0.25, -0.2) is 0 Å². The Morgan fingerprint density at radius 3 is 1.51 bits per heavy atom. The zero-order valence-corrected chi connectivity index (χ0v) is 25.5. The van der Waals surface area contributed by atoms with E-state index in [1.807, 2.05) is 18.2 Å². The van der Waals surface area contributed by atoms with Crippen LogP contribution in [0.2, 0.25) is 0 Å². The first-order valence-corrected chi connectivity index (χ1v) is 14.9. The third-order valence-electron chi connectivity index (χ3n) is 5.72. The molecule has 1 radical (unpaired) electrons. The standard InChI is InChI=1S/C28H33N6OPS2.Cu/c1-22(31-33-27(37)29-3)23(2)32-34-28(38)30-19-20-35-21-36(24-13-7-4-8-14-24,25-15-9-5-10-16-25)26-17-11-6-12-18-26;/h4-18H,19-21H2,1-3H3,(H3-,29,30,31,32,33,34,37,38);/q;+2/p-1. The van der Waals surface area contributed by atoms with Crippen LogP contribution >= 0.6 is 7.26 Å². The second kappa shape index (κ2) is 17.1. The van der Waals surface area contributed by atoms with Crippen molar-refractivity contribution in [2.24, 2.45) is 20.4 Å². The number of nitrogens with one attached hydrogen (secondary N) is 2. The van der Waals surface area contributed by atoms with E-state index in [-0.39, 0.29) is 22.2 Å². The van der Waals surface area contributed by atoms with Crippen LogP contribution in [0.3, 0.4) is 0 Å². The van der Waals surface area contributed by atoms with Gasteiger partial charge in [-0.3, -0.25) is 0 Å². The molecule has 0 atom stereocenters. The summed E-state index contributed by atoms with van der Waals surface area (Å²) in [5.41, 5.74) is 1.19. The van der Waals surface area contributed by atoms with E-state index in [0.717, 1.165) is 0 Å². The molecule has 0 aliphatic heterocycles. The number of amidine groups is 2. The van der Waals surface area contributed by atoms with E-state index in [1.54, 1.807) is 20.9 Å². The zero-order chi connectivity index (χ0) is 27.2. The van der Waals surface area contributed by atoms with Crippen LogP contribution in [0.25, 0.3) is 0 Å². The van der Waals surface area contributed by atoms with Gasteiger partial charge in [-0.15, -0.1) is 0 Å². The molecular formula is C28H32CuN6OPS2+. The van der Waals surface area contributed by atoms with E-state index in [0.29, 0.717) is 36.1 Å². The van der Waals surface area contributed by atoms with E-state index in [2.05, 4.69) is 104 Å². The van der Waals surface area contributed by atoms with E-state index in [1.165, 1.54) is 15.9 Å². The largest absolute Gasteiger partial charge is 2.00 e. The average molecular weight is 627 g/mol. The van der Waals surface area contributed by atoms with E-state index in [9.17, 15) is 0 Å². The SMILES string of the molecule is CN/C([S-])=N/N=C(C)/C(C)=N/N=C(\[S-])NCCOC[P+](c1ccccc1)(c1ccccc1)c1ccccc1.[Cu+2]. The van der Waals surface area contributed by atoms with E-state index in [4.69, 9.17) is 30.0 Å². The molecule has 39 heavy (non-hydrogen) atoms. The molecule has 0 bridgehead atoms. The zero-order valence-electron chi connectivity index (χ0n) is 22.0. The predicted octanol–water partition coefficient (Wildman–Crippen LogP) is 3.32. The fourth-order valence-electron chi connectivity index (χ4n) is 3.62. The summed E-state index contributed by atoms with van der Waals surface area (Å²) in [6.07, 6.45) is 0.571. The molecule has 3 aromatic rings. The summed E-state index contributed by atoms with van der Waals surface area (Å²) in [5.74, 6) is 0. The van der Waals surface area contributed by atoms with Gasteiger partial charge in [0.1, 0.15) is 23.2 Å². The van der Waals surface area contributed by atoms with E-state index >= 15 is 0 Å². The Balaban J connectivity index is 0.00000533. The first kappa shape index (κ1) is 32.5. The first-order valence-electron chi connectivity index (χ1n) is 12.1. The second-order valence-corrected chi connectivity index (χ2v) is 12.4. The number of ether oxygens (including phenoxy) is 1. The summed E-state index contributed by atoms with van der Waals surface area (Å²) < 4.78 is 6.34. The molecule has 0 saturated carbocycles. The molecule has 11 heteroatoms. The Morgan fingerprint density at radius 1 is 0.692 bits per heavy atom. The molecule has 3 aromatic carbocycles. The fraction of sp³-hybridized carbons (Fsp3) is 0.214. The molecule has 0 unspecified atom stereocenters. The Morgan fingerprint density at radius 2 is 1.10 bits per heavy atom. The van der Waals surface area contributed by atoms with Gasteiger partial charge in [0.05, 0.1) is 18.0 Å². The Labute approximate surface area is 253 Å². The minimum atomic E-state index is -2.03. The van der Waals surface area contributed by atoms with Gasteiger partial charge in [-0.05, 0) is 60.6 Å². The van der Waals surface area contributed by atoms with Crippen LogP contribution in [0, 0.1) is 0 Å². The van der Waals surface area contributed by atoms with Crippen molar-refractivity contribution in [3.05, 3.63) is 91.0 Å². The number of rotatable bonds is 11. The molecule has 0 amide bonds. The summed E-state index contributed by atoms with van der Waals surface area (Å²) >= 11 is 10.3. The molecule has 0 heterocycles. The number of hydrogen-bond donors (Lipinski definition) is 2. The summed E-state index contributed by atoms with van der Waals surface area (Å²) in [5, 5.41) is 26.3. The van der Waals surface area contributed by atoms with Crippen molar-refractivity contribution in [1.82, 2.24) is 10.6 Å². The smallest absolute Gasteiger partial charge is 0.741 e. The molecule has 3 rings (SSSR count). The molecule has 0 saturated heterocycles. The third-order valence-corrected chi connectivity index (χ3v) is 10.3. The molecule has 0 aliphatic carbocycles. The Hall–Kier alpha value is -2.71. The number of hydrogen-bond acceptors (Lipinski definition) is 7. The van der Waals surface area contributed by atoms with Crippen LogP contribution in [0.4, 0.5) is 0 Å². The molecule has 0 fully saturated rings. The third kappa shape index (κ3) is 9.46. The van der Waals surface area contributed by atoms with Crippen molar-refractivity contribution in [2.45, 2.75) is 13.8 Å². The van der Waals surface area contributed by atoms with Crippen LogP contribution in [-0.2, 0) is 47.1 Å². The maximum Gasteiger partial charge on any atom is 2.00 e. The van der Waals surface area contributed by atoms with Crippen LogP contribution in [0.1, 0.15) is 13.8 Å². The van der Waals surface area contributed by atoms with Crippen LogP contribution in [0.5, 0.6) is 0 Å². The van der Waals surface area contributed by atoms with Gasteiger partial charge in [0.2, 0.25) is 0 Å². The maximum atomic E-state index is 6.34. The molecule has 207 valence electrons. The van der Waals surface area contributed by atoms with Gasteiger partial charge in [-0.2, -0.15) is 20.4 Å². The molecular weight excluding hydrogens is 595 g/mol. The first-order chi connectivity index (χ1) is 18.5. The Kier molecular flexibility index (Phi) is 14.2. The summed E-state index contributed by atoms with van der Waals surface area (Å²) in [7, 11) is -0.346. The minimum absolute atomic E-state index is 0. The van der Waals surface area contributed by atoms with Crippen molar-refractivity contribution in [2.75, 3.05) is 26.5 Å². The number of benzene rings is 3. The molecule has 7 nitrogen and oxygen atoms in total. The van der Waals surface area contributed by atoms with Gasteiger partial charge in [0.25, 0.3) is 0 Å². The molecule has 0 spiro atoms. The average Bonchev–Trinajstić information content (AvgIpc) is 2.97. The summed E-state index contributed by atoms with van der Waals surface area (Å²) in [6, 6.07) is 31.9.